The minimum atomic E-state index is 0.775. The molecule has 0 unspecified atom stereocenters. The fourth-order valence-corrected chi connectivity index (χ4v) is 2.24. The van der Waals surface area contributed by atoms with Gasteiger partial charge in [0.2, 0.25) is 0 Å². The zero-order valence-corrected chi connectivity index (χ0v) is 10.2. The van der Waals surface area contributed by atoms with Gasteiger partial charge < -0.3 is 4.57 Å². The van der Waals surface area contributed by atoms with Gasteiger partial charge in [-0.1, -0.05) is 11.6 Å². The Morgan fingerprint density at radius 1 is 1.29 bits per heavy atom. The van der Waals surface area contributed by atoms with E-state index in [-0.39, 0.29) is 0 Å². The van der Waals surface area contributed by atoms with Crippen LogP contribution < -0.4 is 0 Å². The average molecular weight is 246 g/mol. The lowest BCUT2D eigenvalue weighted by molar-refractivity contribution is 0.764. The second-order valence-electron chi connectivity index (χ2n) is 4.17. The molecule has 86 valence electrons. The molecule has 0 fully saturated rings. The van der Waals surface area contributed by atoms with Crippen molar-refractivity contribution in [2.45, 2.75) is 6.54 Å². The van der Waals surface area contributed by atoms with E-state index in [0.717, 1.165) is 11.6 Å². The van der Waals surface area contributed by atoms with Gasteiger partial charge in [0.15, 0.2) is 0 Å². The molecule has 17 heavy (non-hydrogen) atoms. The molecule has 3 rings (SSSR count). The second-order valence-corrected chi connectivity index (χ2v) is 4.61. The number of nitrogens with zero attached hydrogens (tertiary/aromatic N) is 3. The third-order valence-electron chi connectivity index (χ3n) is 2.84. The minimum Gasteiger partial charge on any atom is -0.343 e. The molecule has 0 aliphatic heterocycles. The standard InChI is InChI=1S/C13H12ClN3/c1-16-8-10(7-15-16)9-17-5-4-11-6-12(14)2-3-13(11)17/h2-8H,9H2,1H3. The van der Waals surface area contributed by atoms with E-state index >= 15 is 0 Å². The van der Waals surface area contributed by atoms with Crippen LogP contribution in [-0.4, -0.2) is 14.3 Å². The number of benzene rings is 1. The van der Waals surface area contributed by atoms with Gasteiger partial charge in [-0.05, 0) is 24.3 Å². The number of aromatic nitrogens is 3. The highest BCUT2D eigenvalue weighted by Gasteiger charge is 2.03. The lowest BCUT2D eigenvalue weighted by Crippen LogP contribution is -1.96. The molecular formula is C13H12ClN3. The van der Waals surface area contributed by atoms with E-state index in [1.54, 1.807) is 0 Å². The second kappa shape index (κ2) is 3.93. The van der Waals surface area contributed by atoms with Gasteiger partial charge in [0, 0.05) is 40.9 Å². The molecule has 0 saturated carbocycles. The lowest BCUT2D eigenvalue weighted by Gasteiger charge is -2.03. The van der Waals surface area contributed by atoms with Crippen LogP contribution in [0.15, 0.2) is 42.9 Å². The van der Waals surface area contributed by atoms with Gasteiger partial charge in [0.25, 0.3) is 0 Å². The first kappa shape index (κ1) is 10.4. The minimum absolute atomic E-state index is 0.775. The predicted octanol–water partition coefficient (Wildman–Crippen LogP) is 3.08. The Balaban J connectivity index is 2.00. The number of rotatable bonds is 2. The van der Waals surface area contributed by atoms with Crippen molar-refractivity contribution >= 4 is 22.5 Å². The summed E-state index contributed by atoms with van der Waals surface area (Å²) in [5.74, 6) is 0. The fourth-order valence-electron chi connectivity index (χ4n) is 2.06. The number of fused-ring (bicyclic) bond motifs is 1. The van der Waals surface area contributed by atoms with Crippen LogP contribution in [-0.2, 0) is 13.6 Å². The Labute approximate surface area is 104 Å². The maximum Gasteiger partial charge on any atom is 0.0539 e. The van der Waals surface area contributed by atoms with Crippen molar-refractivity contribution in [3.05, 3.63) is 53.4 Å². The van der Waals surface area contributed by atoms with Crippen LogP contribution in [0.2, 0.25) is 5.02 Å². The van der Waals surface area contributed by atoms with Crippen molar-refractivity contribution in [3.8, 4) is 0 Å². The van der Waals surface area contributed by atoms with Crippen LogP contribution in [0.1, 0.15) is 5.56 Å². The molecule has 3 nitrogen and oxygen atoms in total. The Bertz CT molecular complexity index is 666. The molecule has 0 bridgehead atoms. The first-order valence-electron chi connectivity index (χ1n) is 5.44. The van der Waals surface area contributed by atoms with Crippen molar-refractivity contribution < 1.29 is 0 Å². The van der Waals surface area contributed by atoms with Gasteiger partial charge in [0.05, 0.1) is 12.7 Å². The van der Waals surface area contributed by atoms with E-state index in [1.165, 1.54) is 16.5 Å². The Hall–Kier alpha value is -1.74. The number of aryl methyl sites for hydroxylation is 1. The molecule has 0 N–H and O–H groups in total. The number of hydrogen-bond acceptors (Lipinski definition) is 1. The van der Waals surface area contributed by atoms with Crippen LogP contribution in [0.5, 0.6) is 0 Å². The SMILES string of the molecule is Cn1cc(Cn2ccc3cc(Cl)ccc32)cn1. The van der Waals surface area contributed by atoms with Gasteiger partial charge in [-0.15, -0.1) is 0 Å². The van der Waals surface area contributed by atoms with Gasteiger partial charge in [-0.25, -0.2) is 0 Å². The molecule has 1 aromatic carbocycles. The Morgan fingerprint density at radius 3 is 2.94 bits per heavy atom. The molecule has 0 saturated heterocycles. The van der Waals surface area contributed by atoms with E-state index in [2.05, 4.69) is 21.9 Å². The lowest BCUT2D eigenvalue weighted by atomic mass is 10.2. The smallest absolute Gasteiger partial charge is 0.0539 e. The van der Waals surface area contributed by atoms with Crippen LogP contribution in [0, 0.1) is 0 Å². The molecule has 0 aliphatic rings. The average Bonchev–Trinajstić information content (AvgIpc) is 2.86. The van der Waals surface area contributed by atoms with Crippen molar-refractivity contribution in [1.82, 2.24) is 14.3 Å². The molecule has 2 aromatic heterocycles. The highest BCUT2D eigenvalue weighted by Crippen LogP contribution is 2.21. The maximum absolute atomic E-state index is 5.97. The summed E-state index contributed by atoms with van der Waals surface area (Å²) in [7, 11) is 1.93. The van der Waals surface area contributed by atoms with Crippen LogP contribution in [0.25, 0.3) is 10.9 Å². The monoisotopic (exact) mass is 245 g/mol. The normalized spacial score (nSPS) is 11.2. The number of halogens is 1. The van der Waals surface area contributed by atoms with E-state index in [4.69, 9.17) is 11.6 Å². The summed E-state index contributed by atoms with van der Waals surface area (Å²) in [6.45, 7) is 0.832. The van der Waals surface area contributed by atoms with Crippen LogP contribution >= 0.6 is 11.6 Å². The zero-order chi connectivity index (χ0) is 11.8. The van der Waals surface area contributed by atoms with Gasteiger partial charge in [-0.3, -0.25) is 4.68 Å². The third-order valence-corrected chi connectivity index (χ3v) is 3.08. The molecule has 0 amide bonds. The molecule has 3 aromatic rings. The van der Waals surface area contributed by atoms with Gasteiger partial charge in [-0.2, -0.15) is 5.10 Å². The van der Waals surface area contributed by atoms with Crippen LogP contribution in [0.3, 0.4) is 0 Å². The molecular weight excluding hydrogens is 234 g/mol. The summed E-state index contributed by atoms with van der Waals surface area (Å²) in [5.41, 5.74) is 2.39. The molecule has 0 aliphatic carbocycles. The summed E-state index contributed by atoms with van der Waals surface area (Å²) >= 11 is 5.97. The summed E-state index contributed by atoms with van der Waals surface area (Å²) in [4.78, 5) is 0. The third kappa shape index (κ3) is 1.94. The van der Waals surface area contributed by atoms with Crippen molar-refractivity contribution in [3.63, 3.8) is 0 Å². The zero-order valence-electron chi connectivity index (χ0n) is 9.47. The summed E-state index contributed by atoms with van der Waals surface area (Å²) < 4.78 is 4.01. The highest BCUT2D eigenvalue weighted by molar-refractivity contribution is 6.31. The maximum atomic E-state index is 5.97. The summed E-state index contributed by atoms with van der Waals surface area (Å²) in [6, 6.07) is 8.03. The highest BCUT2D eigenvalue weighted by atomic mass is 35.5. The molecule has 0 spiro atoms. The number of hydrogen-bond donors (Lipinski definition) is 0. The van der Waals surface area contributed by atoms with E-state index in [0.29, 0.717) is 0 Å². The van der Waals surface area contributed by atoms with Crippen molar-refractivity contribution in [1.29, 1.82) is 0 Å². The van der Waals surface area contributed by atoms with Crippen LogP contribution in [0.4, 0.5) is 0 Å². The van der Waals surface area contributed by atoms with E-state index < -0.39 is 0 Å². The Kier molecular flexibility index (Phi) is 2.41. The first-order chi connectivity index (χ1) is 8.22. The quantitative estimate of drug-likeness (QED) is 0.680. The predicted molar refractivity (Wildman–Crippen MR) is 69.3 cm³/mol. The molecule has 4 heteroatoms. The molecule has 0 atom stereocenters. The summed E-state index contributed by atoms with van der Waals surface area (Å²) in [6.07, 6.45) is 6.00. The van der Waals surface area contributed by atoms with E-state index in [9.17, 15) is 0 Å². The van der Waals surface area contributed by atoms with Gasteiger partial charge in [0.1, 0.15) is 0 Å². The molecule has 0 radical (unpaired) electrons. The topological polar surface area (TPSA) is 22.8 Å². The first-order valence-corrected chi connectivity index (χ1v) is 5.82. The largest absolute Gasteiger partial charge is 0.343 e. The fraction of sp³-hybridized carbons (Fsp3) is 0.154. The summed E-state index contributed by atoms with van der Waals surface area (Å²) in [5, 5.41) is 6.12. The van der Waals surface area contributed by atoms with Crippen molar-refractivity contribution in [2.75, 3.05) is 0 Å². The van der Waals surface area contributed by atoms with E-state index in [1.807, 2.05) is 42.3 Å². The molecule has 2 heterocycles. The van der Waals surface area contributed by atoms with Gasteiger partial charge >= 0.3 is 0 Å². The van der Waals surface area contributed by atoms with Crippen molar-refractivity contribution in [2.24, 2.45) is 7.05 Å². The Morgan fingerprint density at radius 2 is 2.18 bits per heavy atom.